The Bertz CT molecular complexity index is 247. The minimum Gasteiger partial charge on any atom is -0.305 e. The molecule has 0 radical (unpaired) electrons. The molecule has 1 rings (SSSR count). The van der Waals surface area contributed by atoms with Crippen LogP contribution >= 0.6 is 11.6 Å². The normalized spacial score (nSPS) is 10.5. The highest BCUT2D eigenvalue weighted by molar-refractivity contribution is 6.30. The molecule has 0 aliphatic carbocycles. The van der Waals surface area contributed by atoms with E-state index in [9.17, 15) is 0 Å². The molecule has 0 aromatic carbocycles. The Labute approximate surface area is 62.7 Å². The van der Waals surface area contributed by atoms with Crippen LogP contribution in [0.2, 0.25) is 5.02 Å². The van der Waals surface area contributed by atoms with Gasteiger partial charge in [-0.3, -0.25) is 0 Å². The Hall–Kier alpha value is -1.16. The molecule has 0 aliphatic heterocycles. The fourth-order valence-electron chi connectivity index (χ4n) is 0.507. The van der Waals surface area contributed by atoms with Gasteiger partial charge in [0.15, 0.2) is 5.82 Å². The fourth-order valence-corrected chi connectivity index (χ4v) is 0.661. The van der Waals surface area contributed by atoms with E-state index in [0.29, 0.717) is 10.8 Å². The van der Waals surface area contributed by atoms with Crippen LogP contribution in [0.1, 0.15) is 0 Å². The van der Waals surface area contributed by atoms with Crippen LogP contribution < -0.4 is 5.84 Å². The molecular formula is C5H5ClN4. The molecule has 0 atom stereocenters. The van der Waals surface area contributed by atoms with Crippen molar-refractivity contribution in [2.45, 2.75) is 0 Å². The van der Waals surface area contributed by atoms with Crippen molar-refractivity contribution in [3.8, 4) is 0 Å². The van der Waals surface area contributed by atoms with Gasteiger partial charge in [-0.15, -0.1) is 5.11 Å². The van der Waals surface area contributed by atoms with Crippen molar-refractivity contribution in [2.24, 2.45) is 16.2 Å². The fraction of sp³-hybridized carbons (Fsp3) is 0. The predicted octanol–water partition coefficient (Wildman–Crippen LogP) is 1.69. The van der Waals surface area contributed by atoms with Crippen LogP contribution in [0.5, 0.6) is 0 Å². The molecule has 0 unspecified atom stereocenters. The van der Waals surface area contributed by atoms with Gasteiger partial charge in [0.1, 0.15) is 0 Å². The Balaban J connectivity index is 2.95. The second-order valence-corrected chi connectivity index (χ2v) is 1.98. The SMILES string of the molecule is NN=Nc1cc(Cl)ccn1. The Morgan fingerprint density at radius 3 is 3.00 bits per heavy atom. The zero-order valence-electron chi connectivity index (χ0n) is 5.03. The predicted molar refractivity (Wildman–Crippen MR) is 38.0 cm³/mol. The number of nitrogens with two attached hydrogens (primary N) is 1. The van der Waals surface area contributed by atoms with Crippen LogP contribution in [-0.4, -0.2) is 4.98 Å². The summed E-state index contributed by atoms with van der Waals surface area (Å²) in [6.45, 7) is 0. The lowest BCUT2D eigenvalue weighted by atomic mass is 10.5. The number of rotatable bonds is 1. The number of hydrogen-bond acceptors (Lipinski definition) is 3. The van der Waals surface area contributed by atoms with Gasteiger partial charge >= 0.3 is 0 Å². The summed E-state index contributed by atoms with van der Waals surface area (Å²) >= 11 is 5.60. The zero-order chi connectivity index (χ0) is 7.40. The van der Waals surface area contributed by atoms with E-state index < -0.39 is 0 Å². The third kappa shape index (κ3) is 1.66. The van der Waals surface area contributed by atoms with Crippen LogP contribution in [0.15, 0.2) is 28.7 Å². The molecule has 1 heterocycles. The quantitative estimate of drug-likeness (QED) is 0.382. The van der Waals surface area contributed by atoms with Gasteiger partial charge in [0.2, 0.25) is 0 Å². The van der Waals surface area contributed by atoms with Crippen molar-refractivity contribution >= 4 is 17.4 Å². The van der Waals surface area contributed by atoms with Crippen LogP contribution in [0.3, 0.4) is 0 Å². The Kier molecular flexibility index (Phi) is 2.17. The van der Waals surface area contributed by atoms with E-state index in [1.54, 1.807) is 12.1 Å². The lowest BCUT2D eigenvalue weighted by Gasteiger charge is -1.88. The van der Waals surface area contributed by atoms with Crippen molar-refractivity contribution in [3.63, 3.8) is 0 Å². The Morgan fingerprint density at radius 2 is 2.40 bits per heavy atom. The van der Waals surface area contributed by atoms with E-state index in [1.165, 1.54) is 6.20 Å². The number of hydrogen-bond donors (Lipinski definition) is 1. The summed E-state index contributed by atoms with van der Waals surface area (Å²) in [4.78, 5) is 3.80. The summed E-state index contributed by atoms with van der Waals surface area (Å²) in [5, 5.41) is 7.09. The molecule has 0 saturated carbocycles. The molecule has 10 heavy (non-hydrogen) atoms. The molecule has 0 aliphatic rings. The van der Waals surface area contributed by atoms with Crippen molar-refractivity contribution in [2.75, 3.05) is 0 Å². The highest BCUT2D eigenvalue weighted by Gasteiger charge is 1.90. The standard InChI is InChI=1S/C5H5ClN4/c6-4-1-2-8-5(3-4)9-10-7/h1-3H,(H2,7,8,9). The molecule has 0 spiro atoms. The summed E-state index contributed by atoms with van der Waals surface area (Å²) in [6, 6.07) is 3.22. The van der Waals surface area contributed by atoms with Crippen LogP contribution in [0, 0.1) is 0 Å². The maximum atomic E-state index is 5.60. The van der Waals surface area contributed by atoms with Crippen LogP contribution in [0.25, 0.3) is 0 Å². The van der Waals surface area contributed by atoms with Crippen LogP contribution in [-0.2, 0) is 0 Å². The topological polar surface area (TPSA) is 63.6 Å². The minimum absolute atomic E-state index is 0.412. The highest BCUT2D eigenvalue weighted by atomic mass is 35.5. The summed E-state index contributed by atoms with van der Waals surface area (Å²) in [5.41, 5.74) is 0. The molecule has 2 N–H and O–H groups in total. The molecule has 52 valence electrons. The van der Waals surface area contributed by atoms with Crippen molar-refractivity contribution in [3.05, 3.63) is 23.4 Å². The van der Waals surface area contributed by atoms with E-state index in [1.807, 2.05) is 0 Å². The third-order valence-electron chi connectivity index (χ3n) is 0.868. The van der Waals surface area contributed by atoms with E-state index in [2.05, 4.69) is 15.3 Å². The van der Waals surface area contributed by atoms with Crippen LogP contribution in [0.4, 0.5) is 5.82 Å². The second kappa shape index (κ2) is 3.12. The largest absolute Gasteiger partial charge is 0.305 e. The molecule has 0 amide bonds. The molecule has 0 fully saturated rings. The molecule has 0 saturated heterocycles. The molecule has 5 heteroatoms. The lowest BCUT2D eigenvalue weighted by Crippen LogP contribution is -1.76. The molecule has 1 aromatic heterocycles. The van der Waals surface area contributed by atoms with E-state index in [0.717, 1.165) is 0 Å². The van der Waals surface area contributed by atoms with E-state index >= 15 is 0 Å². The summed E-state index contributed by atoms with van der Waals surface area (Å²) in [5.74, 6) is 5.20. The van der Waals surface area contributed by atoms with Crippen molar-refractivity contribution in [1.82, 2.24) is 4.98 Å². The van der Waals surface area contributed by atoms with Gasteiger partial charge in [0, 0.05) is 17.3 Å². The van der Waals surface area contributed by atoms with Gasteiger partial charge in [-0.1, -0.05) is 16.8 Å². The first-order chi connectivity index (χ1) is 4.83. The molecule has 0 bridgehead atoms. The van der Waals surface area contributed by atoms with Gasteiger partial charge in [0.25, 0.3) is 0 Å². The average Bonchev–Trinajstić information content (AvgIpc) is 1.88. The summed E-state index contributed by atoms with van der Waals surface area (Å²) in [7, 11) is 0. The van der Waals surface area contributed by atoms with E-state index in [4.69, 9.17) is 17.4 Å². The second-order valence-electron chi connectivity index (χ2n) is 1.55. The molecule has 1 aromatic rings. The van der Waals surface area contributed by atoms with Gasteiger partial charge < -0.3 is 5.84 Å². The Morgan fingerprint density at radius 1 is 1.60 bits per heavy atom. The molecular weight excluding hydrogens is 152 g/mol. The third-order valence-corrected chi connectivity index (χ3v) is 1.10. The van der Waals surface area contributed by atoms with Gasteiger partial charge in [0.05, 0.1) is 0 Å². The summed E-state index contributed by atoms with van der Waals surface area (Å²) in [6.07, 6.45) is 1.53. The van der Waals surface area contributed by atoms with Crippen molar-refractivity contribution < 1.29 is 0 Å². The monoisotopic (exact) mass is 156 g/mol. The first-order valence-corrected chi connectivity index (χ1v) is 2.93. The van der Waals surface area contributed by atoms with Gasteiger partial charge in [-0.05, 0) is 6.07 Å². The number of pyridine rings is 1. The smallest absolute Gasteiger partial charge is 0.177 e. The summed E-state index contributed by atoms with van der Waals surface area (Å²) < 4.78 is 0. The van der Waals surface area contributed by atoms with E-state index in [-0.39, 0.29) is 0 Å². The number of aromatic nitrogens is 1. The average molecular weight is 157 g/mol. The van der Waals surface area contributed by atoms with Gasteiger partial charge in [-0.25, -0.2) is 4.98 Å². The first kappa shape index (κ1) is 6.95. The molecule has 4 nitrogen and oxygen atoms in total. The van der Waals surface area contributed by atoms with Gasteiger partial charge in [-0.2, -0.15) is 0 Å². The zero-order valence-corrected chi connectivity index (χ0v) is 5.78. The maximum absolute atomic E-state index is 5.60. The number of nitrogens with zero attached hydrogens (tertiary/aromatic N) is 3. The minimum atomic E-state index is 0.412. The first-order valence-electron chi connectivity index (χ1n) is 2.55. The lowest BCUT2D eigenvalue weighted by molar-refractivity contribution is 1.03. The van der Waals surface area contributed by atoms with Crippen molar-refractivity contribution in [1.29, 1.82) is 0 Å². The maximum Gasteiger partial charge on any atom is 0.177 e. The highest BCUT2D eigenvalue weighted by Crippen LogP contribution is 2.13. The number of halogens is 1.